The first-order chi connectivity index (χ1) is 9.13. The monoisotopic (exact) mass is 265 g/mol. The van der Waals surface area contributed by atoms with Gasteiger partial charge in [-0.2, -0.15) is 0 Å². The Balaban J connectivity index is 2.48. The quantitative estimate of drug-likeness (QED) is 0.686. The molecule has 1 amide bonds. The van der Waals surface area contributed by atoms with Crippen LogP contribution >= 0.6 is 0 Å². The molecule has 0 unspecified atom stereocenters. The summed E-state index contributed by atoms with van der Waals surface area (Å²) < 4.78 is 0. The molecule has 19 heavy (non-hydrogen) atoms. The molecule has 1 rings (SSSR count). The molecule has 0 aliphatic rings. The van der Waals surface area contributed by atoms with Gasteiger partial charge in [0.15, 0.2) is 0 Å². The van der Waals surface area contributed by atoms with E-state index in [1.807, 2.05) is 14.1 Å². The fourth-order valence-corrected chi connectivity index (χ4v) is 1.45. The average Bonchev–Trinajstić information content (AvgIpc) is 2.39. The van der Waals surface area contributed by atoms with Gasteiger partial charge in [0.2, 0.25) is 0 Å². The number of unbranched alkanes of at least 4 members (excludes halogenated alkanes) is 1. The van der Waals surface area contributed by atoms with Crippen LogP contribution in [0.1, 0.15) is 30.3 Å². The molecule has 1 aromatic heterocycles. The first-order valence-corrected chi connectivity index (χ1v) is 6.62. The summed E-state index contributed by atoms with van der Waals surface area (Å²) in [6.07, 6.45) is 3.44. The van der Waals surface area contributed by atoms with Crippen molar-refractivity contribution in [2.45, 2.75) is 19.8 Å². The lowest BCUT2D eigenvalue weighted by molar-refractivity contribution is 0.0948. The summed E-state index contributed by atoms with van der Waals surface area (Å²) in [4.78, 5) is 22.0. The molecule has 0 saturated heterocycles. The molecule has 0 aliphatic carbocycles. The Morgan fingerprint density at radius 1 is 1.32 bits per heavy atom. The van der Waals surface area contributed by atoms with Gasteiger partial charge in [-0.3, -0.25) is 4.79 Å². The van der Waals surface area contributed by atoms with Crippen LogP contribution in [0.3, 0.4) is 0 Å². The lowest BCUT2D eigenvalue weighted by atomic mass is 10.3. The van der Waals surface area contributed by atoms with Crippen molar-refractivity contribution in [3.05, 3.63) is 18.1 Å². The maximum atomic E-state index is 11.8. The summed E-state index contributed by atoms with van der Waals surface area (Å²) in [5.74, 6) is 0.531. The SMILES string of the molecule is CCCCNC(=O)c1cc(NCCN(C)C)ncn1. The van der Waals surface area contributed by atoms with Gasteiger partial charge in [0.1, 0.15) is 17.8 Å². The number of aromatic nitrogens is 2. The van der Waals surface area contributed by atoms with E-state index >= 15 is 0 Å². The van der Waals surface area contributed by atoms with E-state index in [1.165, 1.54) is 6.33 Å². The summed E-state index contributed by atoms with van der Waals surface area (Å²) in [5.41, 5.74) is 0.401. The Morgan fingerprint density at radius 2 is 2.11 bits per heavy atom. The second-order valence-corrected chi connectivity index (χ2v) is 4.63. The lowest BCUT2D eigenvalue weighted by Crippen LogP contribution is -2.26. The van der Waals surface area contributed by atoms with Crippen molar-refractivity contribution < 1.29 is 4.79 Å². The fraction of sp³-hybridized carbons (Fsp3) is 0.615. The van der Waals surface area contributed by atoms with Gasteiger partial charge in [-0.1, -0.05) is 13.3 Å². The molecule has 0 aliphatic heterocycles. The zero-order chi connectivity index (χ0) is 14.1. The van der Waals surface area contributed by atoms with Crippen LogP contribution in [0.15, 0.2) is 12.4 Å². The Hall–Kier alpha value is -1.69. The van der Waals surface area contributed by atoms with Crippen LogP contribution in [0.2, 0.25) is 0 Å². The number of anilines is 1. The number of carbonyl (C=O) groups excluding carboxylic acids is 1. The van der Waals surface area contributed by atoms with E-state index in [2.05, 4.69) is 32.4 Å². The van der Waals surface area contributed by atoms with Crippen molar-refractivity contribution >= 4 is 11.7 Å². The third kappa shape index (κ3) is 6.15. The maximum absolute atomic E-state index is 11.8. The van der Waals surface area contributed by atoms with Gasteiger partial charge in [-0.05, 0) is 20.5 Å². The van der Waals surface area contributed by atoms with E-state index in [0.717, 1.165) is 25.9 Å². The number of hydrogen-bond acceptors (Lipinski definition) is 5. The van der Waals surface area contributed by atoms with Gasteiger partial charge >= 0.3 is 0 Å². The molecular formula is C13H23N5O. The van der Waals surface area contributed by atoms with Crippen molar-refractivity contribution in [1.82, 2.24) is 20.2 Å². The molecule has 106 valence electrons. The summed E-state index contributed by atoms with van der Waals surface area (Å²) in [6.45, 7) is 4.45. The number of likely N-dealkylation sites (N-methyl/N-ethyl adjacent to an activating group) is 1. The van der Waals surface area contributed by atoms with E-state index < -0.39 is 0 Å². The van der Waals surface area contributed by atoms with Gasteiger partial charge in [0.05, 0.1) is 0 Å². The van der Waals surface area contributed by atoms with Crippen LogP contribution in [0.25, 0.3) is 0 Å². The fourth-order valence-electron chi connectivity index (χ4n) is 1.45. The van der Waals surface area contributed by atoms with E-state index in [-0.39, 0.29) is 5.91 Å². The van der Waals surface area contributed by atoms with Gasteiger partial charge in [0.25, 0.3) is 5.91 Å². The number of hydrogen-bond donors (Lipinski definition) is 2. The molecule has 0 atom stereocenters. The van der Waals surface area contributed by atoms with Crippen molar-refractivity contribution in [2.24, 2.45) is 0 Å². The third-order valence-corrected chi connectivity index (χ3v) is 2.58. The largest absolute Gasteiger partial charge is 0.369 e. The molecule has 6 nitrogen and oxygen atoms in total. The van der Waals surface area contributed by atoms with Crippen molar-refractivity contribution in [2.75, 3.05) is 39.0 Å². The Kier molecular flexibility index (Phi) is 6.81. The summed E-state index contributed by atoms with van der Waals surface area (Å²) in [5, 5.41) is 6.00. The summed E-state index contributed by atoms with van der Waals surface area (Å²) in [6, 6.07) is 1.68. The maximum Gasteiger partial charge on any atom is 0.270 e. The van der Waals surface area contributed by atoms with Crippen molar-refractivity contribution in [3.8, 4) is 0 Å². The zero-order valence-corrected chi connectivity index (χ0v) is 11.9. The smallest absolute Gasteiger partial charge is 0.270 e. The number of rotatable bonds is 8. The predicted octanol–water partition coefficient (Wildman–Crippen LogP) is 0.980. The molecule has 1 aromatic rings. The normalized spacial score (nSPS) is 10.5. The number of amides is 1. The molecule has 0 saturated carbocycles. The minimum absolute atomic E-state index is 0.147. The van der Waals surface area contributed by atoms with Gasteiger partial charge < -0.3 is 15.5 Å². The average molecular weight is 265 g/mol. The molecule has 0 bridgehead atoms. The minimum atomic E-state index is -0.147. The van der Waals surface area contributed by atoms with E-state index in [4.69, 9.17) is 0 Å². The second kappa shape index (κ2) is 8.42. The first kappa shape index (κ1) is 15.4. The van der Waals surface area contributed by atoms with E-state index in [0.29, 0.717) is 18.1 Å². The van der Waals surface area contributed by atoms with Crippen molar-refractivity contribution in [1.29, 1.82) is 0 Å². The molecule has 0 spiro atoms. The van der Waals surface area contributed by atoms with Crippen LogP contribution in [0, 0.1) is 0 Å². The Morgan fingerprint density at radius 3 is 2.79 bits per heavy atom. The molecule has 0 fully saturated rings. The van der Waals surface area contributed by atoms with Crippen LogP contribution < -0.4 is 10.6 Å². The number of nitrogens with zero attached hydrogens (tertiary/aromatic N) is 3. The predicted molar refractivity (Wildman–Crippen MR) is 76.3 cm³/mol. The van der Waals surface area contributed by atoms with Crippen LogP contribution in [0.4, 0.5) is 5.82 Å². The van der Waals surface area contributed by atoms with Crippen LogP contribution in [0.5, 0.6) is 0 Å². The highest BCUT2D eigenvalue weighted by Gasteiger charge is 2.07. The molecular weight excluding hydrogens is 242 g/mol. The minimum Gasteiger partial charge on any atom is -0.369 e. The standard InChI is InChI=1S/C13H23N5O/c1-4-5-6-15-13(19)11-9-12(17-10-16-11)14-7-8-18(2)3/h9-10H,4-8H2,1-3H3,(H,15,19)(H,14,16,17). The highest BCUT2D eigenvalue weighted by molar-refractivity contribution is 5.92. The van der Waals surface area contributed by atoms with Gasteiger partial charge in [-0.25, -0.2) is 9.97 Å². The number of nitrogens with one attached hydrogen (secondary N) is 2. The Labute approximate surface area is 114 Å². The third-order valence-electron chi connectivity index (χ3n) is 2.58. The topological polar surface area (TPSA) is 70.2 Å². The second-order valence-electron chi connectivity index (χ2n) is 4.63. The highest BCUT2D eigenvalue weighted by Crippen LogP contribution is 2.03. The van der Waals surface area contributed by atoms with E-state index in [9.17, 15) is 4.79 Å². The molecule has 2 N–H and O–H groups in total. The van der Waals surface area contributed by atoms with Crippen molar-refractivity contribution in [3.63, 3.8) is 0 Å². The zero-order valence-electron chi connectivity index (χ0n) is 11.9. The van der Waals surface area contributed by atoms with Gasteiger partial charge in [0, 0.05) is 25.7 Å². The molecule has 0 radical (unpaired) electrons. The summed E-state index contributed by atoms with van der Waals surface area (Å²) in [7, 11) is 4.02. The highest BCUT2D eigenvalue weighted by atomic mass is 16.1. The lowest BCUT2D eigenvalue weighted by Gasteiger charge is -2.11. The molecule has 1 heterocycles. The van der Waals surface area contributed by atoms with Crippen LogP contribution in [-0.2, 0) is 0 Å². The Bertz CT molecular complexity index is 394. The summed E-state index contributed by atoms with van der Waals surface area (Å²) >= 11 is 0. The number of carbonyl (C=O) groups is 1. The molecule has 6 heteroatoms. The van der Waals surface area contributed by atoms with Gasteiger partial charge in [-0.15, -0.1) is 0 Å². The van der Waals surface area contributed by atoms with E-state index in [1.54, 1.807) is 6.07 Å². The van der Waals surface area contributed by atoms with Crippen LogP contribution in [-0.4, -0.2) is 54.5 Å². The molecule has 0 aromatic carbocycles. The first-order valence-electron chi connectivity index (χ1n) is 6.62.